The van der Waals surface area contributed by atoms with Crippen LogP contribution >= 0.6 is 0 Å². The molecule has 2 atom stereocenters. The standard InChI is InChI=1S/C18H25NO4.C10H12O.C7H17N/c1-2-3-4-8-14(12-19-18(21)22)17(20)23-16-11-10-13-7-5-6-9-15(13)16;1-11-10-6-8-4-2-3-5-9(8)7-10;1-2-3-4-5-6-7-8/h5-7,9,14,16,19H,2-4,8,10-12H2,1H3,(H,21,22);2-5,10H,6-7H2,1H3;2-8H2,1H3. The van der Waals surface area contributed by atoms with Gasteiger partial charge in [-0.25, -0.2) is 4.79 Å². The molecule has 0 fully saturated rings. The summed E-state index contributed by atoms with van der Waals surface area (Å²) in [6.07, 6.45) is 13.3. The number of methoxy groups -OCH3 is 1. The number of nitrogens with two attached hydrogens (primary N) is 1. The monoisotopic (exact) mass is 582 g/mol. The Labute approximate surface area is 253 Å². The zero-order chi connectivity index (χ0) is 30.6. The van der Waals surface area contributed by atoms with Crippen LogP contribution in [0.3, 0.4) is 0 Å². The van der Waals surface area contributed by atoms with Crippen LogP contribution in [0.4, 0.5) is 4.79 Å². The van der Waals surface area contributed by atoms with Crippen molar-refractivity contribution in [2.75, 3.05) is 20.2 Å². The maximum Gasteiger partial charge on any atom is 0.404 e. The Morgan fingerprint density at radius 2 is 1.50 bits per heavy atom. The number of esters is 1. The first-order valence-corrected chi connectivity index (χ1v) is 16.0. The molecule has 0 heterocycles. The molecule has 2 unspecified atom stereocenters. The van der Waals surface area contributed by atoms with Crippen molar-refractivity contribution in [1.29, 1.82) is 0 Å². The second kappa shape index (κ2) is 20.9. The van der Waals surface area contributed by atoms with Crippen LogP contribution in [0.15, 0.2) is 48.5 Å². The summed E-state index contributed by atoms with van der Waals surface area (Å²) in [6.45, 7) is 5.30. The third-order valence-electron chi connectivity index (χ3n) is 7.98. The first-order chi connectivity index (χ1) is 20.4. The van der Waals surface area contributed by atoms with E-state index in [0.29, 0.717) is 12.5 Å². The van der Waals surface area contributed by atoms with Crippen LogP contribution in [0, 0.1) is 5.92 Å². The molecule has 234 valence electrons. The van der Waals surface area contributed by atoms with Crippen LogP contribution in [0.1, 0.15) is 106 Å². The largest absolute Gasteiger partial charge is 0.465 e. The number of carbonyl (C=O) groups is 2. The average molecular weight is 583 g/mol. The highest BCUT2D eigenvalue weighted by Gasteiger charge is 2.29. The Bertz CT molecular complexity index is 1010. The van der Waals surface area contributed by atoms with E-state index in [2.05, 4.69) is 49.5 Å². The number of benzene rings is 2. The van der Waals surface area contributed by atoms with E-state index in [1.54, 1.807) is 7.11 Å². The zero-order valence-electron chi connectivity index (χ0n) is 26.1. The molecular formula is C35H54N2O5. The third-order valence-corrected chi connectivity index (χ3v) is 7.98. The molecular weight excluding hydrogens is 528 g/mol. The van der Waals surface area contributed by atoms with Crippen LogP contribution in [-0.4, -0.2) is 43.5 Å². The highest BCUT2D eigenvalue weighted by molar-refractivity contribution is 5.74. The summed E-state index contributed by atoms with van der Waals surface area (Å²) in [7, 11) is 1.79. The summed E-state index contributed by atoms with van der Waals surface area (Å²) in [5.41, 5.74) is 10.5. The minimum Gasteiger partial charge on any atom is -0.465 e. The fourth-order valence-electron chi connectivity index (χ4n) is 5.46. The van der Waals surface area contributed by atoms with Gasteiger partial charge in [-0.2, -0.15) is 0 Å². The van der Waals surface area contributed by atoms with Gasteiger partial charge in [0.1, 0.15) is 6.10 Å². The van der Waals surface area contributed by atoms with Gasteiger partial charge in [0.25, 0.3) is 0 Å². The molecule has 2 aromatic carbocycles. The molecule has 0 spiro atoms. The highest BCUT2D eigenvalue weighted by atomic mass is 16.5. The molecule has 4 rings (SSSR count). The SMILES string of the molecule is CCCCCC(CNC(=O)O)C(=O)OC1CCc2ccccc21.CCCCCCCN.COC1Cc2ccccc2C1. The molecule has 0 saturated heterocycles. The normalized spacial score (nSPS) is 15.8. The summed E-state index contributed by atoms with van der Waals surface area (Å²) < 4.78 is 11.0. The molecule has 4 N–H and O–H groups in total. The van der Waals surface area contributed by atoms with Crippen molar-refractivity contribution in [3.8, 4) is 0 Å². The van der Waals surface area contributed by atoms with Crippen LogP contribution in [0.25, 0.3) is 0 Å². The van der Waals surface area contributed by atoms with Gasteiger partial charge in [-0.05, 0) is 67.3 Å². The highest BCUT2D eigenvalue weighted by Crippen LogP contribution is 2.34. The van der Waals surface area contributed by atoms with E-state index >= 15 is 0 Å². The molecule has 7 nitrogen and oxygen atoms in total. The lowest BCUT2D eigenvalue weighted by molar-refractivity contribution is -0.154. The predicted molar refractivity (Wildman–Crippen MR) is 170 cm³/mol. The maximum absolute atomic E-state index is 12.5. The molecule has 0 aromatic heterocycles. The quantitative estimate of drug-likeness (QED) is 0.158. The Kier molecular flexibility index (Phi) is 17.6. The van der Waals surface area contributed by atoms with Gasteiger partial charge in [-0.3, -0.25) is 4.79 Å². The summed E-state index contributed by atoms with van der Waals surface area (Å²) >= 11 is 0. The van der Waals surface area contributed by atoms with E-state index in [1.165, 1.54) is 48.8 Å². The average Bonchev–Trinajstić information content (AvgIpc) is 3.62. The molecule has 0 saturated carbocycles. The van der Waals surface area contributed by atoms with Gasteiger partial charge in [0, 0.05) is 13.7 Å². The van der Waals surface area contributed by atoms with Crippen molar-refractivity contribution in [2.24, 2.45) is 11.7 Å². The maximum atomic E-state index is 12.5. The molecule has 2 aliphatic rings. The van der Waals surface area contributed by atoms with Crippen LogP contribution < -0.4 is 11.1 Å². The van der Waals surface area contributed by atoms with E-state index in [0.717, 1.165) is 57.1 Å². The molecule has 1 amide bonds. The van der Waals surface area contributed by atoms with Crippen LogP contribution in [0.5, 0.6) is 0 Å². The fraction of sp³-hybridized carbons (Fsp3) is 0.600. The van der Waals surface area contributed by atoms with E-state index in [-0.39, 0.29) is 18.6 Å². The number of carboxylic acid groups (broad SMARTS) is 1. The minimum absolute atomic E-state index is 0.117. The lowest BCUT2D eigenvalue weighted by Gasteiger charge is -2.19. The number of hydrogen-bond donors (Lipinski definition) is 3. The van der Waals surface area contributed by atoms with E-state index < -0.39 is 12.0 Å². The number of ether oxygens (including phenoxy) is 2. The number of fused-ring (bicyclic) bond motifs is 2. The predicted octanol–water partition coefficient (Wildman–Crippen LogP) is 7.40. The number of hydrogen-bond acceptors (Lipinski definition) is 5. The first kappa shape index (κ1) is 35.3. The third kappa shape index (κ3) is 13.0. The molecule has 7 heteroatoms. The number of nitrogens with one attached hydrogen (secondary N) is 1. The Balaban J connectivity index is 0.000000266. The lowest BCUT2D eigenvalue weighted by Crippen LogP contribution is -2.33. The van der Waals surface area contributed by atoms with E-state index in [4.69, 9.17) is 20.3 Å². The van der Waals surface area contributed by atoms with Gasteiger partial charge in [0.15, 0.2) is 0 Å². The summed E-state index contributed by atoms with van der Waals surface area (Å²) in [5, 5.41) is 11.1. The molecule has 0 aliphatic heterocycles. The van der Waals surface area contributed by atoms with Crippen LogP contribution in [0.2, 0.25) is 0 Å². The minimum atomic E-state index is -1.11. The molecule has 42 heavy (non-hydrogen) atoms. The molecule has 2 aliphatic carbocycles. The smallest absolute Gasteiger partial charge is 0.404 e. The Morgan fingerprint density at radius 1 is 0.905 bits per heavy atom. The van der Waals surface area contributed by atoms with Crippen molar-refractivity contribution in [2.45, 2.75) is 110 Å². The second-order valence-electron chi connectivity index (χ2n) is 11.3. The van der Waals surface area contributed by atoms with Gasteiger partial charge in [-0.1, -0.05) is 107 Å². The van der Waals surface area contributed by atoms with Crippen molar-refractivity contribution in [1.82, 2.24) is 5.32 Å². The van der Waals surface area contributed by atoms with Gasteiger partial charge in [-0.15, -0.1) is 0 Å². The molecule has 0 radical (unpaired) electrons. The topological polar surface area (TPSA) is 111 Å². The van der Waals surface area contributed by atoms with Gasteiger partial charge < -0.3 is 25.6 Å². The Morgan fingerprint density at radius 3 is 2.10 bits per heavy atom. The summed E-state index contributed by atoms with van der Waals surface area (Å²) in [6, 6.07) is 16.6. The van der Waals surface area contributed by atoms with Gasteiger partial charge >= 0.3 is 12.1 Å². The lowest BCUT2D eigenvalue weighted by atomic mass is 10.0. The number of rotatable bonds is 14. The molecule has 2 aromatic rings. The summed E-state index contributed by atoms with van der Waals surface area (Å²) in [4.78, 5) is 23.2. The first-order valence-electron chi connectivity index (χ1n) is 16.0. The zero-order valence-corrected chi connectivity index (χ0v) is 26.1. The fourth-order valence-corrected chi connectivity index (χ4v) is 5.46. The second-order valence-corrected chi connectivity index (χ2v) is 11.3. The van der Waals surface area contributed by atoms with Gasteiger partial charge in [0.05, 0.1) is 12.0 Å². The van der Waals surface area contributed by atoms with E-state index in [9.17, 15) is 9.59 Å². The van der Waals surface area contributed by atoms with Crippen molar-refractivity contribution in [3.63, 3.8) is 0 Å². The Hall–Kier alpha value is -2.90. The number of unbranched alkanes of at least 4 members (excludes halogenated alkanes) is 6. The van der Waals surface area contributed by atoms with E-state index in [1.807, 2.05) is 18.2 Å². The van der Waals surface area contributed by atoms with Crippen molar-refractivity contribution >= 4 is 12.1 Å². The number of carbonyl (C=O) groups excluding carboxylic acids is 1. The van der Waals surface area contributed by atoms with Crippen molar-refractivity contribution in [3.05, 3.63) is 70.8 Å². The summed E-state index contributed by atoms with van der Waals surface area (Å²) in [5.74, 6) is -0.707. The molecule has 0 bridgehead atoms. The number of aryl methyl sites for hydroxylation is 1. The van der Waals surface area contributed by atoms with Crippen molar-refractivity contribution < 1.29 is 24.2 Å². The number of amides is 1. The van der Waals surface area contributed by atoms with Crippen LogP contribution in [-0.2, 0) is 33.5 Å². The van der Waals surface area contributed by atoms with Gasteiger partial charge in [0.2, 0.25) is 0 Å².